The van der Waals surface area contributed by atoms with Crippen LogP contribution >= 0.6 is 23.6 Å². The van der Waals surface area contributed by atoms with Gasteiger partial charge in [-0.05, 0) is 37.3 Å². The first-order chi connectivity index (χ1) is 8.63. The molecule has 0 aliphatic rings. The minimum absolute atomic E-state index is 0.268. The third-order valence-corrected chi connectivity index (χ3v) is 3.97. The van der Waals surface area contributed by atoms with E-state index in [4.69, 9.17) is 12.2 Å². The molecule has 0 saturated carbocycles. The Kier molecular flexibility index (Phi) is 2.76. The quantitative estimate of drug-likeness (QED) is 0.726. The van der Waals surface area contributed by atoms with Crippen LogP contribution in [0.3, 0.4) is 0 Å². The second-order valence-electron chi connectivity index (χ2n) is 4.06. The van der Waals surface area contributed by atoms with Gasteiger partial charge in [-0.25, -0.2) is 9.37 Å². The van der Waals surface area contributed by atoms with Gasteiger partial charge in [0, 0.05) is 11.1 Å². The second-order valence-corrected chi connectivity index (χ2v) is 5.39. The molecular weight excluding hydrogens is 269 g/mol. The highest BCUT2D eigenvalue weighted by Gasteiger charge is 2.07. The predicted molar refractivity (Wildman–Crippen MR) is 73.0 cm³/mol. The Balaban J connectivity index is 2.11. The van der Waals surface area contributed by atoms with Crippen molar-refractivity contribution < 1.29 is 4.39 Å². The van der Waals surface area contributed by atoms with Crippen LogP contribution in [0.15, 0.2) is 23.6 Å². The van der Waals surface area contributed by atoms with E-state index in [1.807, 2.05) is 16.9 Å². The smallest absolute Gasteiger partial charge is 0.178 e. The van der Waals surface area contributed by atoms with Gasteiger partial charge in [-0.3, -0.25) is 0 Å². The lowest BCUT2D eigenvalue weighted by Crippen LogP contribution is -1.99. The van der Waals surface area contributed by atoms with Gasteiger partial charge in [0.2, 0.25) is 0 Å². The van der Waals surface area contributed by atoms with Gasteiger partial charge in [0.15, 0.2) is 4.77 Å². The molecule has 0 spiro atoms. The van der Waals surface area contributed by atoms with Gasteiger partial charge in [-0.2, -0.15) is 0 Å². The standard InChI is InChI=1S/C12H10FN3S2/c1-7-6-18-11(14-7)5-16-10-3-2-8(13)4-9(10)15-12(16)17/h2-4,6H,5H2,1H3,(H,15,17). The number of halogens is 1. The number of imidazole rings is 1. The molecule has 0 atom stereocenters. The molecule has 0 amide bonds. The Hall–Kier alpha value is -1.53. The van der Waals surface area contributed by atoms with Gasteiger partial charge in [0.1, 0.15) is 10.8 Å². The molecule has 92 valence electrons. The van der Waals surface area contributed by atoms with Gasteiger partial charge in [-0.1, -0.05) is 0 Å². The van der Waals surface area contributed by atoms with Gasteiger partial charge in [0.25, 0.3) is 0 Å². The van der Waals surface area contributed by atoms with Crippen molar-refractivity contribution in [3.05, 3.63) is 44.9 Å². The van der Waals surface area contributed by atoms with Gasteiger partial charge in [-0.15, -0.1) is 11.3 Å². The molecule has 6 heteroatoms. The van der Waals surface area contributed by atoms with Crippen LogP contribution in [-0.2, 0) is 6.54 Å². The lowest BCUT2D eigenvalue weighted by Gasteiger charge is -2.01. The Morgan fingerprint density at radius 2 is 2.33 bits per heavy atom. The fourth-order valence-electron chi connectivity index (χ4n) is 1.90. The summed E-state index contributed by atoms with van der Waals surface area (Å²) in [5.74, 6) is -0.268. The molecule has 0 saturated heterocycles. The summed E-state index contributed by atoms with van der Waals surface area (Å²) in [6.07, 6.45) is 0. The fourth-order valence-corrected chi connectivity index (χ4v) is 2.94. The molecule has 18 heavy (non-hydrogen) atoms. The third-order valence-electron chi connectivity index (χ3n) is 2.70. The van der Waals surface area contributed by atoms with Crippen LogP contribution in [0, 0.1) is 17.5 Å². The summed E-state index contributed by atoms with van der Waals surface area (Å²) in [5.41, 5.74) is 2.62. The summed E-state index contributed by atoms with van der Waals surface area (Å²) in [7, 11) is 0. The molecule has 0 bridgehead atoms. The number of rotatable bonds is 2. The minimum atomic E-state index is -0.268. The summed E-state index contributed by atoms with van der Waals surface area (Å²) in [5, 5.41) is 3.00. The lowest BCUT2D eigenvalue weighted by molar-refractivity contribution is 0.629. The average molecular weight is 279 g/mol. The van der Waals surface area contributed by atoms with Crippen LogP contribution in [0.2, 0.25) is 0 Å². The first-order valence-electron chi connectivity index (χ1n) is 5.42. The third kappa shape index (κ3) is 1.97. The van der Waals surface area contributed by atoms with E-state index in [1.165, 1.54) is 12.1 Å². The fraction of sp³-hybridized carbons (Fsp3) is 0.167. The van der Waals surface area contributed by atoms with Crippen molar-refractivity contribution in [1.29, 1.82) is 0 Å². The summed E-state index contributed by atoms with van der Waals surface area (Å²) in [6.45, 7) is 2.58. The zero-order valence-corrected chi connectivity index (χ0v) is 11.2. The molecule has 3 nitrogen and oxygen atoms in total. The predicted octanol–water partition coefficient (Wildman–Crippen LogP) is 3.65. The topological polar surface area (TPSA) is 33.6 Å². The van der Waals surface area contributed by atoms with Crippen molar-refractivity contribution in [3.63, 3.8) is 0 Å². The molecule has 0 aliphatic heterocycles. The van der Waals surface area contributed by atoms with E-state index in [0.717, 1.165) is 16.2 Å². The highest BCUT2D eigenvalue weighted by molar-refractivity contribution is 7.71. The van der Waals surface area contributed by atoms with Crippen LogP contribution in [0.25, 0.3) is 11.0 Å². The molecule has 0 fully saturated rings. The molecular formula is C12H10FN3S2. The van der Waals surface area contributed by atoms with E-state index in [0.29, 0.717) is 16.8 Å². The van der Waals surface area contributed by atoms with E-state index in [9.17, 15) is 4.39 Å². The Morgan fingerprint density at radius 1 is 1.50 bits per heavy atom. The maximum Gasteiger partial charge on any atom is 0.178 e. The summed E-state index contributed by atoms with van der Waals surface area (Å²) in [4.78, 5) is 7.42. The van der Waals surface area contributed by atoms with Gasteiger partial charge in [0.05, 0.1) is 17.6 Å². The number of aromatic nitrogens is 3. The van der Waals surface area contributed by atoms with Crippen molar-refractivity contribution in [2.75, 3.05) is 0 Å². The number of nitrogens with zero attached hydrogens (tertiary/aromatic N) is 2. The number of fused-ring (bicyclic) bond motifs is 1. The summed E-state index contributed by atoms with van der Waals surface area (Å²) < 4.78 is 15.7. The highest BCUT2D eigenvalue weighted by Crippen LogP contribution is 2.18. The van der Waals surface area contributed by atoms with Crippen molar-refractivity contribution in [1.82, 2.24) is 14.5 Å². The van der Waals surface area contributed by atoms with Crippen LogP contribution in [0.4, 0.5) is 4.39 Å². The highest BCUT2D eigenvalue weighted by atomic mass is 32.1. The van der Waals surface area contributed by atoms with Crippen LogP contribution in [0.5, 0.6) is 0 Å². The Bertz CT molecular complexity index is 769. The van der Waals surface area contributed by atoms with Crippen LogP contribution in [-0.4, -0.2) is 14.5 Å². The number of benzene rings is 1. The van der Waals surface area contributed by atoms with Crippen LogP contribution in [0.1, 0.15) is 10.7 Å². The number of H-pyrrole nitrogens is 1. The van der Waals surface area contributed by atoms with E-state index < -0.39 is 0 Å². The SMILES string of the molecule is Cc1csc(Cn2c(=S)[nH]c3cc(F)ccc32)n1. The van der Waals surface area contributed by atoms with Crippen molar-refractivity contribution in [2.45, 2.75) is 13.5 Å². The first kappa shape index (κ1) is 11.6. The first-order valence-corrected chi connectivity index (χ1v) is 6.71. The van der Waals surface area contributed by atoms with Crippen molar-refractivity contribution >= 4 is 34.6 Å². The number of nitrogens with one attached hydrogen (secondary N) is 1. The van der Waals surface area contributed by atoms with E-state index >= 15 is 0 Å². The number of aryl methyl sites for hydroxylation is 1. The second kappa shape index (κ2) is 4.29. The molecule has 3 aromatic rings. The molecule has 0 radical (unpaired) electrons. The largest absolute Gasteiger partial charge is 0.330 e. The molecule has 1 N–H and O–H groups in total. The van der Waals surface area contributed by atoms with E-state index in [1.54, 1.807) is 17.4 Å². The molecule has 0 aliphatic carbocycles. The Labute approximate surface area is 112 Å². The maximum atomic E-state index is 13.1. The average Bonchev–Trinajstić information content (AvgIpc) is 2.84. The minimum Gasteiger partial charge on any atom is -0.330 e. The number of hydrogen-bond acceptors (Lipinski definition) is 3. The van der Waals surface area contributed by atoms with E-state index in [2.05, 4.69) is 9.97 Å². The van der Waals surface area contributed by atoms with Gasteiger partial charge >= 0.3 is 0 Å². The zero-order valence-electron chi connectivity index (χ0n) is 9.61. The molecule has 2 heterocycles. The lowest BCUT2D eigenvalue weighted by atomic mass is 10.3. The zero-order chi connectivity index (χ0) is 12.7. The van der Waals surface area contributed by atoms with Crippen molar-refractivity contribution in [2.24, 2.45) is 0 Å². The number of hydrogen-bond donors (Lipinski definition) is 1. The Morgan fingerprint density at radius 3 is 3.06 bits per heavy atom. The number of thiazole rings is 1. The normalized spacial score (nSPS) is 11.2. The molecule has 2 aromatic heterocycles. The molecule has 0 unspecified atom stereocenters. The molecule has 3 rings (SSSR count). The monoisotopic (exact) mass is 279 g/mol. The molecule has 1 aromatic carbocycles. The summed E-state index contributed by atoms with van der Waals surface area (Å²) in [6, 6.07) is 4.63. The van der Waals surface area contributed by atoms with Crippen molar-refractivity contribution in [3.8, 4) is 0 Å². The number of aromatic amines is 1. The maximum absolute atomic E-state index is 13.1. The summed E-state index contributed by atoms with van der Waals surface area (Å²) >= 11 is 6.87. The van der Waals surface area contributed by atoms with Crippen LogP contribution < -0.4 is 0 Å². The van der Waals surface area contributed by atoms with E-state index in [-0.39, 0.29) is 5.82 Å². The van der Waals surface area contributed by atoms with Gasteiger partial charge < -0.3 is 9.55 Å².